The number of hydrogen-bond acceptors (Lipinski definition) is 3. The van der Waals surface area contributed by atoms with E-state index in [0.29, 0.717) is 0 Å². The Kier molecular flexibility index (Phi) is 9.99. The van der Waals surface area contributed by atoms with Gasteiger partial charge >= 0.3 is 0 Å². The van der Waals surface area contributed by atoms with Crippen molar-refractivity contribution in [3.8, 4) is 0 Å². The summed E-state index contributed by atoms with van der Waals surface area (Å²) < 4.78 is 0. The Morgan fingerprint density at radius 2 is 1.75 bits per heavy atom. The second-order valence-corrected chi connectivity index (χ2v) is 5.19. The Balaban J connectivity index is 3.44. The first kappa shape index (κ1) is 15.9. The Bertz CT molecular complexity index is 146. The molecule has 0 aromatic carbocycles. The van der Waals surface area contributed by atoms with E-state index >= 15 is 0 Å². The van der Waals surface area contributed by atoms with Crippen molar-refractivity contribution in [1.82, 2.24) is 15.1 Å². The van der Waals surface area contributed by atoms with Crippen LogP contribution >= 0.6 is 0 Å². The average molecular weight is 229 g/mol. The SMILES string of the molecule is CCN(CCCN(C)C)CCNCC(C)C. The van der Waals surface area contributed by atoms with E-state index in [1.807, 2.05) is 0 Å². The predicted octanol–water partition coefficient (Wildman–Crippen LogP) is 1.51. The van der Waals surface area contributed by atoms with Crippen molar-refractivity contribution in [1.29, 1.82) is 0 Å². The maximum atomic E-state index is 3.50. The number of likely N-dealkylation sites (N-methyl/N-ethyl adjacent to an activating group) is 1. The summed E-state index contributed by atoms with van der Waals surface area (Å²) >= 11 is 0. The van der Waals surface area contributed by atoms with Crippen LogP contribution in [-0.2, 0) is 0 Å². The van der Waals surface area contributed by atoms with Crippen molar-refractivity contribution in [3.05, 3.63) is 0 Å². The van der Waals surface area contributed by atoms with Gasteiger partial charge in [-0.05, 0) is 52.6 Å². The fraction of sp³-hybridized carbons (Fsp3) is 1.00. The van der Waals surface area contributed by atoms with Crippen LogP contribution in [0.15, 0.2) is 0 Å². The first-order valence-electron chi connectivity index (χ1n) is 6.64. The second-order valence-electron chi connectivity index (χ2n) is 5.19. The van der Waals surface area contributed by atoms with Gasteiger partial charge in [0.2, 0.25) is 0 Å². The largest absolute Gasteiger partial charge is 0.315 e. The van der Waals surface area contributed by atoms with Crippen molar-refractivity contribution in [2.24, 2.45) is 5.92 Å². The zero-order valence-corrected chi connectivity index (χ0v) is 11.9. The lowest BCUT2D eigenvalue weighted by Crippen LogP contribution is -2.34. The van der Waals surface area contributed by atoms with Crippen molar-refractivity contribution >= 4 is 0 Å². The quantitative estimate of drug-likeness (QED) is 0.573. The van der Waals surface area contributed by atoms with Gasteiger partial charge < -0.3 is 15.1 Å². The standard InChI is InChI=1S/C13H31N3/c1-6-16(10-7-9-15(4)5)11-8-14-12-13(2)3/h13-14H,6-12H2,1-5H3. The molecule has 0 unspecified atom stereocenters. The maximum absolute atomic E-state index is 3.50. The highest BCUT2D eigenvalue weighted by Crippen LogP contribution is 1.92. The van der Waals surface area contributed by atoms with Crippen LogP contribution in [0.3, 0.4) is 0 Å². The second kappa shape index (κ2) is 10.1. The molecule has 0 saturated carbocycles. The Morgan fingerprint density at radius 1 is 1.06 bits per heavy atom. The molecule has 1 N–H and O–H groups in total. The summed E-state index contributed by atoms with van der Waals surface area (Å²) in [7, 11) is 4.28. The molecule has 0 atom stereocenters. The minimum atomic E-state index is 0.754. The number of hydrogen-bond donors (Lipinski definition) is 1. The van der Waals surface area contributed by atoms with Crippen LogP contribution in [0.5, 0.6) is 0 Å². The van der Waals surface area contributed by atoms with E-state index in [1.165, 1.54) is 26.1 Å². The summed E-state index contributed by atoms with van der Waals surface area (Å²) in [5, 5.41) is 3.50. The van der Waals surface area contributed by atoms with Gasteiger partial charge in [0.1, 0.15) is 0 Å². The lowest BCUT2D eigenvalue weighted by molar-refractivity contribution is 0.265. The average Bonchev–Trinajstić information content (AvgIpc) is 2.20. The van der Waals surface area contributed by atoms with Gasteiger partial charge in [0.25, 0.3) is 0 Å². The van der Waals surface area contributed by atoms with Gasteiger partial charge in [-0.15, -0.1) is 0 Å². The first-order valence-corrected chi connectivity index (χ1v) is 6.64. The molecule has 16 heavy (non-hydrogen) atoms. The van der Waals surface area contributed by atoms with Crippen molar-refractivity contribution in [2.45, 2.75) is 27.2 Å². The predicted molar refractivity (Wildman–Crippen MR) is 73.0 cm³/mol. The molecule has 0 aromatic rings. The van der Waals surface area contributed by atoms with E-state index in [9.17, 15) is 0 Å². The number of nitrogens with zero attached hydrogens (tertiary/aromatic N) is 2. The van der Waals surface area contributed by atoms with E-state index in [-0.39, 0.29) is 0 Å². The zero-order valence-electron chi connectivity index (χ0n) is 11.9. The molecule has 98 valence electrons. The van der Waals surface area contributed by atoms with Crippen molar-refractivity contribution in [2.75, 3.05) is 53.4 Å². The molecule has 0 amide bonds. The Hall–Kier alpha value is -0.120. The van der Waals surface area contributed by atoms with Gasteiger partial charge in [-0.25, -0.2) is 0 Å². The molecule has 0 fully saturated rings. The van der Waals surface area contributed by atoms with Crippen molar-refractivity contribution < 1.29 is 0 Å². The van der Waals surface area contributed by atoms with E-state index in [0.717, 1.165) is 25.6 Å². The molecule has 0 bridgehead atoms. The summed E-state index contributed by atoms with van der Waals surface area (Å²) in [6.07, 6.45) is 1.27. The van der Waals surface area contributed by atoms with Crippen LogP contribution in [0.25, 0.3) is 0 Å². The molecule has 0 rings (SSSR count). The smallest absolute Gasteiger partial charge is 0.0107 e. The van der Waals surface area contributed by atoms with Crippen LogP contribution in [0.4, 0.5) is 0 Å². The van der Waals surface area contributed by atoms with E-state index < -0.39 is 0 Å². The third kappa shape index (κ3) is 10.4. The fourth-order valence-corrected chi connectivity index (χ4v) is 1.67. The minimum Gasteiger partial charge on any atom is -0.315 e. The lowest BCUT2D eigenvalue weighted by Gasteiger charge is -2.21. The molecule has 0 aliphatic carbocycles. The van der Waals surface area contributed by atoms with Crippen LogP contribution < -0.4 is 5.32 Å². The summed E-state index contributed by atoms with van der Waals surface area (Å²) in [5.41, 5.74) is 0. The van der Waals surface area contributed by atoms with Crippen molar-refractivity contribution in [3.63, 3.8) is 0 Å². The monoisotopic (exact) mass is 229 g/mol. The van der Waals surface area contributed by atoms with Crippen LogP contribution in [0.2, 0.25) is 0 Å². The van der Waals surface area contributed by atoms with Crippen LogP contribution in [0, 0.1) is 5.92 Å². The Labute approximate surface area is 102 Å². The molecule has 0 spiro atoms. The molecule has 0 aromatic heterocycles. The van der Waals surface area contributed by atoms with Gasteiger partial charge in [0.05, 0.1) is 0 Å². The third-order valence-electron chi connectivity index (χ3n) is 2.68. The van der Waals surface area contributed by atoms with Gasteiger partial charge in [0, 0.05) is 13.1 Å². The lowest BCUT2D eigenvalue weighted by atomic mass is 10.2. The molecule has 3 nitrogen and oxygen atoms in total. The van der Waals surface area contributed by atoms with Gasteiger partial charge in [-0.3, -0.25) is 0 Å². The van der Waals surface area contributed by atoms with Gasteiger partial charge in [-0.1, -0.05) is 20.8 Å². The van der Waals surface area contributed by atoms with E-state index in [4.69, 9.17) is 0 Å². The minimum absolute atomic E-state index is 0.754. The number of rotatable bonds is 10. The van der Waals surface area contributed by atoms with Crippen LogP contribution in [-0.4, -0.2) is 63.2 Å². The Morgan fingerprint density at radius 3 is 2.25 bits per heavy atom. The fourth-order valence-electron chi connectivity index (χ4n) is 1.67. The highest BCUT2D eigenvalue weighted by molar-refractivity contribution is 4.60. The highest BCUT2D eigenvalue weighted by Gasteiger charge is 2.02. The molecule has 0 aliphatic rings. The molecule has 0 radical (unpaired) electrons. The number of nitrogens with one attached hydrogen (secondary N) is 1. The van der Waals surface area contributed by atoms with E-state index in [2.05, 4.69) is 50.0 Å². The highest BCUT2D eigenvalue weighted by atomic mass is 15.1. The van der Waals surface area contributed by atoms with E-state index in [1.54, 1.807) is 0 Å². The normalized spacial score (nSPS) is 12.0. The molecule has 0 heterocycles. The first-order chi connectivity index (χ1) is 7.56. The summed E-state index contributed by atoms with van der Waals surface area (Å²) in [6.45, 7) is 13.8. The van der Waals surface area contributed by atoms with Gasteiger partial charge in [0.15, 0.2) is 0 Å². The maximum Gasteiger partial charge on any atom is 0.0107 e. The topological polar surface area (TPSA) is 18.5 Å². The summed E-state index contributed by atoms with van der Waals surface area (Å²) in [5.74, 6) is 0.754. The molecular formula is C13H31N3. The van der Waals surface area contributed by atoms with Gasteiger partial charge in [-0.2, -0.15) is 0 Å². The molecule has 0 aliphatic heterocycles. The molecular weight excluding hydrogens is 198 g/mol. The molecule has 0 saturated heterocycles. The summed E-state index contributed by atoms with van der Waals surface area (Å²) in [6, 6.07) is 0. The molecule has 3 heteroatoms. The van der Waals surface area contributed by atoms with Crippen LogP contribution in [0.1, 0.15) is 27.2 Å². The zero-order chi connectivity index (χ0) is 12.4. The summed E-state index contributed by atoms with van der Waals surface area (Å²) in [4.78, 5) is 4.78. The third-order valence-corrected chi connectivity index (χ3v) is 2.68.